The Hall–Kier alpha value is -1.44. The van der Waals surface area contributed by atoms with Gasteiger partial charge in [0.15, 0.2) is 0 Å². The number of nitrogens with zero attached hydrogens (tertiary/aromatic N) is 3. The highest BCUT2D eigenvalue weighted by Gasteiger charge is 2.49. The summed E-state index contributed by atoms with van der Waals surface area (Å²) < 4.78 is 19.3. The number of hydrogen-bond donors (Lipinski definition) is 0. The van der Waals surface area contributed by atoms with Gasteiger partial charge in [-0.2, -0.15) is 5.10 Å². The number of amides is 1. The zero-order valence-corrected chi connectivity index (χ0v) is 14.9. The minimum absolute atomic E-state index is 0.0348. The monoisotopic (exact) mass is 349 g/mol. The average Bonchev–Trinajstić information content (AvgIpc) is 3.05. The third-order valence-corrected chi connectivity index (χ3v) is 5.55. The summed E-state index contributed by atoms with van der Waals surface area (Å²) in [6, 6.07) is 0. The first-order chi connectivity index (χ1) is 12.1. The molecule has 0 bridgehead atoms. The molecule has 4 heterocycles. The quantitative estimate of drug-likeness (QED) is 0.818. The Balaban J connectivity index is 1.26. The number of carbonyl (C=O) groups is 1. The van der Waals surface area contributed by atoms with Crippen LogP contribution in [0.5, 0.6) is 0 Å². The van der Waals surface area contributed by atoms with Crippen molar-refractivity contribution >= 4 is 5.91 Å². The maximum Gasteiger partial charge on any atom is 0.257 e. The molecule has 1 aromatic rings. The van der Waals surface area contributed by atoms with Crippen LogP contribution >= 0.6 is 0 Å². The predicted molar refractivity (Wildman–Crippen MR) is 90.3 cm³/mol. The van der Waals surface area contributed by atoms with Crippen molar-refractivity contribution in [1.29, 1.82) is 0 Å². The van der Waals surface area contributed by atoms with Gasteiger partial charge < -0.3 is 19.1 Å². The molecule has 138 valence electrons. The summed E-state index contributed by atoms with van der Waals surface area (Å²) in [4.78, 5) is 14.3. The maximum atomic E-state index is 12.5. The molecule has 0 saturated carbocycles. The van der Waals surface area contributed by atoms with Crippen LogP contribution in [-0.2, 0) is 21.3 Å². The minimum Gasteiger partial charge on any atom is -0.381 e. The van der Waals surface area contributed by atoms with Gasteiger partial charge >= 0.3 is 0 Å². The first-order valence-electron chi connectivity index (χ1n) is 9.25. The molecule has 7 nitrogen and oxygen atoms in total. The van der Waals surface area contributed by atoms with Gasteiger partial charge in [-0.15, -0.1) is 0 Å². The highest BCUT2D eigenvalue weighted by molar-refractivity contribution is 5.94. The summed E-state index contributed by atoms with van der Waals surface area (Å²) in [5, 5.41) is 4.07. The first-order valence-corrected chi connectivity index (χ1v) is 9.25. The molecule has 1 unspecified atom stereocenters. The molecule has 3 fully saturated rings. The van der Waals surface area contributed by atoms with Gasteiger partial charge in [-0.25, -0.2) is 0 Å². The van der Waals surface area contributed by atoms with Gasteiger partial charge in [0.05, 0.1) is 31.0 Å². The molecule has 1 amide bonds. The summed E-state index contributed by atoms with van der Waals surface area (Å²) in [7, 11) is 1.82. The first kappa shape index (κ1) is 17.0. The fraction of sp³-hybridized carbons (Fsp3) is 0.778. The molecule has 25 heavy (non-hydrogen) atoms. The highest BCUT2D eigenvalue weighted by Crippen LogP contribution is 2.36. The van der Waals surface area contributed by atoms with Crippen LogP contribution in [0, 0.1) is 5.92 Å². The summed E-state index contributed by atoms with van der Waals surface area (Å²) in [5.74, 6) is 0.658. The van der Waals surface area contributed by atoms with E-state index in [-0.39, 0.29) is 17.6 Å². The Morgan fingerprint density at radius 2 is 2.12 bits per heavy atom. The largest absolute Gasteiger partial charge is 0.381 e. The van der Waals surface area contributed by atoms with Crippen LogP contribution in [0.1, 0.15) is 36.0 Å². The predicted octanol–water partition coefficient (Wildman–Crippen LogP) is 1.24. The van der Waals surface area contributed by atoms with Crippen molar-refractivity contribution in [2.75, 3.05) is 39.5 Å². The van der Waals surface area contributed by atoms with Crippen molar-refractivity contribution in [3.05, 3.63) is 18.0 Å². The van der Waals surface area contributed by atoms with Gasteiger partial charge in [0.2, 0.25) is 0 Å². The van der Waals surface area contributed by atoms with Gasteiger partial charge in [-0.3, -0.25) is 9.48 Å². The molecule has 1 aromatic heterocycles. The normalized spacial score (nSPS) is 26.6. The summed E-state index contributed by atoms with van der Waals surface area (Å²) in [6.45, 7) is 4.56. The van der Waals surface area contributed by atoms with Crippen molar-refractivity contribution in [2.45, 2.75) is 37.4 Å². The molecular formula is C18H27N3O4. The number of aryl methyl sites for hydroxylation is 1. The number of likely N-dealkylation sites (tertiary alicyclic amines) is 1. The van der Waals surface area contributed by atoms with Crippen molar-refractivity contribution in [3.63, 3.8) is 0 Å². The molecule has 4 rings (SSSR count). The van der Waals surface area contributed by atoms with E-state index in [0.717, 1.165) is 45.5 Å². The fourth-order valence-electron chi connectivity index (χ4n) is 4.04. The number of carbonyl (C=O) groups excluding carboxylic acids is 1. The Labute approximate surface area is 148 Å². The van der Waals surface area contributed by atoms with Crippen LogP contribution < -0.4 is 0 Å². The van der Waals surface area contributed by atoms with E-state index >= 15 is 0 Å². The van der Waals surface area contributed by atoms with Gasteiger partial charge in [0, 0.05) is 46.1 Å². The van der Waals surface area contributed by atoms with E-state index in [9.17, 15) is 4.79 Å². The molecule has 0 N–H and O–H groups in total. The zero-order valence-electron chi connectivity index (χ0n) is 14.9. The average molecular weight is 349 g/mol. The van der Waals surface area contributed by atoms with E-state index < -0.39 is 0 Å². The van der Waals surface area contributed by atoms with Crippen LogP contribution in [0.3, 0.4) is 0 Å². The van der Waals surface area contributed by atoms with E-state index in [0.29, 0.717) is 31.2 Å². The van der Waals surface area contributed by atoms with Crippen molar-refractivity contribution in [1.82, 2.24) is 14.7 Å². The topological polar surface area (TPSA) is 65.8 Å². The summed E-state index contributed by atoms with van der Waals surface area (Å²) in [5.41, 5.74) is 0.427. The lowest BCUT2D eigenvalue weighted by Gasteiger charge is -2.53. The Morgan fingerprint density at radius 3 is 2.84 bits per heavy atom. The maximum absolute atomic E-state index is 12.5. The molecule has 1 atom stereocenters. The van der Waals surface area contributed by atoms with Crippen LogP contribution in [-0.4, -0.2) is 71.8 Å². The van der Waals surface area contributed by atoms with E-state index in [1.54, 1.807) is 17.1 Å². The molecule has 7 heteroatoms. The standard InChI is InChI=1S/C18H27N3O4/c1-20-10-15(9-19-20)17(22)21-12-18(13-21)8-16(4-7-25-18)24-11-14-2-5-23-6-3-14/h9-10,14,16H,2-8,11-13H2,1H3. The Bertz CT molecular complexity index is 605. The van der Waals surface area contributed by atoms with Gasteiger partial charge in [0.25, 0.3) is 5.91 Å². The van der Waals surface area contributed by atoms with E-state index in [2.05, 4.69) is 5.10 Å². The smallest absolute Gasteiger partial charge is 0.257 e. The second kappa shape index (κ2) is 7.05. The van der Waals surface area contributed by atoms with Gasteiger partial charge in [-0.05, 0) is 25.2 Å². The SMILES string of the molecule is Cn1cc(C(=O)N2CC3(CC(OCC4CCOCC4)CCO3)C2)cn1. The summed E-state index contributed by atoms with van der Waals surface area (Å²) >= 11 is 0. The molecular weight excluding hydrogens is 322 g/mol. The van der Waals surface area contributed by atoms with E-state index in [4.69, 9.17) is 14.2 Å². The van der Waals surface area contributed by atoms with Crippen molar-refractivity contribution in [3.8, 4) is 0 Å². The molecule has 3 aliphatic heterocycles. The van der Waals surface area contributed by atoms with Crippen LogP contribution in [0.4, 0.5) is 0 Å². The molecule has 1 spiro atoms. The third kappa shape index (κ3) is 3.73. The molecule has 3 aliphatic rings. The number of rotatable bonds is 4. The second-order valence-corrected chi connectivity index (χ2v) is 7.60. The van der Waals surface area contributed by atoms with Crippen LogP contribution in [0.25, 0.3) is 0 Å². The lowest BCUT2D eigenvalue weighted by Crippen LogP contribution is -2.67. The second-order valence-electron chi connectivity index (χ2n) is 7.60. The zero-order chi connectivity index (χ0) is 17.3. The fourth-order valence-corrected chi connectivity index (χ4v) is 4.04. The number of ether oxygens (including phenoxy) is 3. The van der Waals surface area contributed by atoms with E-state index in [1.807, 2.05) is 11.9 Å². The highest BCUT2D eigenvalue weighted by atomic mass is 16.5. The minimum atomic E-state index is -0.212. The number of hydrogen-bond acceptors (Lipinski definition) is 5. The molecule has 3 saturated heterocycles. The van der Waals surface area contributed by atoms with E-state index in [1.165, 1.54) is 0 Å². The summed E-state index contributed by atoms with van der Waals surface area (Å²) in [6.07, 6.45) is 7.65. The van der Waals surface area contributed by atoms with Crippen molar-refractivity contribution in [2.24, 2.45) is 13.0 Å². The molecule has 0 radical (unpaired) electrons. The van der Waals surface area contributed by atoms with Gasteiger partial charge in [-0.1, -0.05) is 0 Å². The van der Waals surface area contributed by atoms with Gasteiger partial charge in [0.1, 0.15) is 5.60 Å². The third-order valence-electron chi connectivity index (χ3n) is 5.55. The lowest BCUT2D eigenvalue weighted by atomic mass is 9.84. The van der Waals surface area contributed by atoms with Crippen LogP contribution in [0.15, 0.2) is 12.4 Å². The molecule has 0 aromatic carbocycles. The number of aromatic nitrogens is 2. The Kier molecular flexibility index (Phi) is 4.80. The van der Waals surface area contributed by atoms with Crippen LogP contribution in [0.2, 0.25) is 0 Å². The van der Waals surface area contributed by atoms with Crippen molar-refractivity contribution < 1.29 is 19.0 Å². The lowest BCUT2D eigenvalue weighted by molar-refractivity contribution is -0.188. The molecule has 0 aliphatic carbocycles. The Morgan fingerprint density at radius 1 is 1.32 bits per heavy atom.